The first-order chi connectivity index (χ1) is 15.9. The zero-order chi connectivity index (χ0) is 23.3. The van der Waals surface area contributed by atoms with Gasteiger partial charge in [-0.25, -0.2) is 9.97 Å². The van der Waals surface area contributed by atoms with Gasteiger partial charge >= 0.3 is 0 Å². The fourth-order valence-electron chi connectivity index (χ4n) is 3.88. The predicted octanol–water partition coefficient (Wildman–Crippen LogP) is 3.81. The number of rotatable bonds is 7. The summed E-state index contributed by atoms with van der Waals surface area (Å²) < 4.78 is 11.1. The molecule has 4 rings (SSSR count). The first kappa shape index (κ1) is 24.0. The Hall–Kier alpha value is -2.16. The molecule has 1 amide bonds. The van der Waals surface area contributed by atoms with Gasteiger partial charge in [-0.05, 0) is 30.5 Å². The molecular weight excluding hydrogens is 436 g/mol. The maximum absolute atomic E-state index is 12.6. The number of hydrogen-bond acceptors (Lipinski definition) is 7. The Balaban J connectivity index is 1.43. The van der Waals surface area contributed by atoms with Crippen LogP contribution in [-0.4, -0.2) is 61.4 Å². The van der Waals surface area contributed by atoms with Gasteiger partial charge in [0.15, 0.2) is 5.16 Å². The summed E-state index contributed by atoms with van der Waals surface area (Å²) in [5.41, 5.74) is 2.70. The fourth-order valence-corrected chi connectivity index (χ4v) is 4.68. The zero-order valence-electron chi connectivity index (χ0n) is 19.8. The molecule has 3 heterocycles. The Morgan fingerprint density at radius 1 is 1.18 bits per heavy atom. The molecule has 0 aliphatic carbocycles. The number of nitrogens with zero attached hydrogens (tertiary/aromatic N) is 3. The van der Waals surface area contributed by atoms with E-state index in [1.807, 2.05) is 24.3 Å². The van der Waals surface area contributed by atoms with Crippen LogP contribution < -0.4 is 10.2 Å². The molecule has 33 heavy (non-hydrogen) atoms. The van der Waals surface area contributed by atoms with Crippen LogP contribution in [0.4, 0.5) is 5.82 Å². The van der Waals surface area contributed by atoms with Gasteiger partial charge in [-0.1, -0.05) is 44.7 Å². The lowest BCUT2D eigenvalue weighted by molar-refractivity contribution is 0.0857. The number of aromatic nitrogens is 2. The number of morpholine rings is 1. The molecule has 2 saturated heterocycles. The van der Waals surface area contributed by atoms with Crippen LogP contribution in [0, 0.1) is 0 Å². The third-order valence-corrected chi connectivity index (χ3v) is 6.79. The smallest absolute Gasteiger partial charge is 0.251 e. The summed E-state index contributed by atoms with van der Waals surface area (Å²) in [7, 11) is 0. The molecule has 8 heteroatoms. The van der Waals surface area contributed by atoms with Crippen molar-refractivity contribution in [1.82, 2.24) is 15.3 Å². The molecule has 0 unspecified atom stereocenters. The van der Waals surface area contributed by atoms with E-state index in [1.54, 1.807) is 11.8 Å². The minimum absolute atomic E-state index is 0.0575. The number of thioether (sulfide) groups is 1. The third-order valence-electron chi connectivity index (χ3n) is 5.87. The van der Waals surface area contributed by atoms with Gasteiger partial charge in [-0.2, -0.15) is 0 Å². The standard InChI is InChI=1S/C25H34N4O3S/c1-25(2,3)21-15-22(29-9-12-31-13-10-29)28-24(27-21)33-17-18-6-4-7-19(14-18)23(30)26-16-20-8-5-11-32-20/h4,6-7,14-15,20H,5,8-13,16-17H2,1-3H3,(H,26,30)/t20-/m1/s1. The topological polar surface area (TPSA) is 76.6 Å². The zero-order valence-corrected chi connectivity index (χ0v) is 20.6. The number of nitrogens with one attached hydrogen (secondary N) is 1. The summed E-state index contributed by atoms with van der Waals surface area (Å²) in [6.45, 7) is 11.0. The van der Waals surface area contributed by atoms with Crippen molar-refractivity contribution in [2.24, 2.45) is 0 Å². The molecule has 2 aliphatic heterocycles. The Morgan fingerprint density at radius 3 is 2.73 bits per heavy atom. The summed E-state index contributed by atoms with van der Waals surface area (Å²) in [6, 6.07) is 9.89. The van der Waals surface area contributed by atoms with Crippen molar-refractivity contribution in [3.05, 3.63) is 47.2 Å². The maximum atomic E-state index is 12.6. The van der Waals surface area contributed by atoms with E-state index in [2.05, 4.69) is 37.1 Å². The van der Waals surface area contributed by atoms with Gasteiger partial charge in [0.25, 0.3) is 5.91 Å². The average Bonchev–Trinajstić information content (AvgIpc) is 3.35. The lowest BCUT2D eigenvalue weighted by atomic mass is 9.92. The van der Waals surface area contributed by atoms with Crippen LogP contribution in [0.15, 0.2) is 35.5 Å². The van der Waals surface area contributed by atoms with Crippen molar-refractivity contribution in [2.45, 2.75) is 56.0 Å². The average molecular weight is 471 g/mol. The van der Waals surface area contributed by atoms with E-state index in [4.69, 9.17) is 19.4 Å². The van der Waals surface area contributed by atoms with Crippen molar-refractivity contribution in [3.8, 4) is 0 Å². The van der Waals surface area contributed by atoms with Crippen molar-refractivity contribution >= 4 is 23.5 Å². The highest BCUT2D eigenvalue weighted by Gasteiger charge is 2.22. The second-order valence-electron chi connectivity index (χ2n) is 9.58. The SMILES string of the molecule is CC(C)(C)c1cc(N2CCOCC2)nc(SCc2cccc(C(=O)NC[C@H]3CCCO3)c2)n1. The third kappa shape index (κ3) is 6.68. The largest absolute Gasteiger partial charge is 0.378 e. The Labute approximate surface area is 200 Å². The minimum atomic E-state index is -0.0691. The van der Waals surface area contributed by atoms with E-state index in [1.165, 1.54) is 0 Å². The molecule has 2 aromatic rings. The molecule has 1 N–H and O–H groups in total. The molecule has 1 atom stereocenters. The van der Waals surface area contributed by atoms with E-state index in [-0.39, 0.29) is 17.4 Å². The molecule has 0 spiro atoms. The number of carbonyl (C=O) groups is 1. The number of amides is 1. The summed E-state index contributed by atoms with van der Waals surface area (Å²) in [5, 5.41) is 3.76. The normalized spacial score (nSPS) is 19.0. The molecule has 1 aromatic heterocycles. The summed E-state index contributed by atoms with van der Waals surface area (Å²) >= 11 is 1.60. The molecule has 2 fully saturated rings. The molecule has 7 nitrogen and oxygen atoms in total. The molecule has 0 saturated carbocycles. The first-order valence-electron chi connectivity index (χ1n) is 11.7. The van der Waals surface area contributed by atoms with E-state index in [0.29, 0.717) is 17.9 Å². The van der Waals surface area contributed by atoms with Gasteiger partial charge in [0.05, 0.1) is 25.0 Å². The quantitative estimate of drug-likeness (QED) is 0.487. The van der Waals surface area contributed by atoms with Gasteiger partial charge in [0.1, 0.15) is 5.82 Å². The van der Waals surface area contributed by atoms with Gasteiger partial charge in [0, 0.05) is 49.0 Å². The van der Waals surface area contributed by atoms with Gasteiger partial charge in [-0.15, -0.1) is 0 Å². The molecular formula is C25H34N4O3S. The van der Waals surface area contributed by atoms with E-state index in [0.717, 1.165) is 68.0 Å². The summed E-state index contributed by atoms with van der Waals surface area (Å²) in [6.07, 6.45) is 2.22. The summed E-state index contributed by atoms with van der Waals surface area (Å²) in [5.74, 6) is 1.60. The lowest BCUT2D eigenvalue weighted by Gasteiger charge is -2.29. The van der Waals surface area contributed by atoms with Gasteiger partial charge in [0.2, 0.25) is 0 Å². The second-order valence-corrected chi connectivity index (χ2v) is 10.5. The Bertz CT molecular complexity index is 951. The Kier molecular flexibility index (Phi) is 7.88. The van der Waals surface area contributed by atoms with Crippen molar-refractivity contribution in [2.75, 3.05) is 44.4 Å². The monoisotopic (exact) mass is 470 g/mol. The van der Waals surface area contributed by atoms with Crippen LogP contribution in [0.25, 0.3) is 0 Å². The lowest BCUT2D eigenvalue weighted by Crippen LogP contribution is -2.37. The van der Waals surface area contributed by atoms with Crippen LogP contribution >= 0.6 is 11.8 Å². The number of benzene rings is 1. The number of ether oxygens (including phenoxy) is 2. The summed E-state index contributed by atoms with van der Waals surface area (Å²) in [4.78, 5) is 24.5. The second kappa shape index (κ2) is 10.8. The van der Waals surface area contributed by atoms with Crippen LogP contribution in [0.1, 0.15) is 55.2 Å². The van der Waals surface area contributed by atoms with E-state index in [9.17, 15) is 4.79 Å². The van der Waals surface area contributed by atoms with Crippen LogP contribution in [0.2, 0.25) is 0 Å². The predicted molar refractivity (Wildman–Crippen MR) is 131 cm³/mol. The minimum Gasteiger partial charge on any atom is -0.378 e. The van der Waals surface area contributed by atoms with E-state index >= 15 is 0 Å². The maximum Gasteiger partial charge on any atom is 0.251 e. The molecule has 0 radical (unpaired) electrons. The number of carbonyl (C=O) groups excluding carboxylic acids is 1. The highest BCUT2D eigenvalue weighted by atomic mass is 32.2. The molecule has 1 aromatic carbocycles. The highest BCUT2D eigenvalue weighted by molar-refractivity contribution is 7.98. The highest BCUT2D eigenvalue weighted by Crippen LogP contribution is 2.29. The molecule has 178 valence electrons. The number of anilines is 1. The van der Waals surface area contributed by atoms with Gasteiger partial charge in [-0.3, -0.25) is 4.79 Å². The van der Waals surface area contributed by atoms with Crippen molar-refractivity contribution < 1.29 is 14.3 Å². The Morgan fingerprint density at radius 2 is 2.00 bits per heavy atom. The van der Waals surface area contributed by atoms with Crippen LogP contribution in [-0.2, 0) is 20.6 Å². The molecule has 2 aliphatic rings. The first-order valence-corrected chi connectivity index (χ1v) is 12.7. The van der Waals surface area contributed by atoms with Crippen LogP contribution in [0.5, 0.6) is 0 Å². The van der Waals surface area contributed by atoms with Crippen molar-refractivity contribution in [1.29, 1.82) is 0 Å². The van der Waals surface area contributed by atoms with Crippen molar-refractivity contribution in [3.63, 3.8) is 0 Å². The molecule has 0 bridgehead atoms. The fraction of sp³-hybridized carbons (Fsp3) is 0.560. The van der Waals surface area contributed by atoms with E-state index < -0.39 is 0 Å². The number of hydrogen-bond donors (Lipinski definition) is 1. The van der Waals surface area contributed by atoms with Gasteiger partial charge < -0.3 is 19.7 Å². The van der Waals surface area contributed by atoms with Crippen LogP contribution in [0.3, 0.4) is 0 Å².